The molecule has 1 saturated heterocycles. The van der Waals surface area contributed by atoms with E-state index in [0.29, 0.717) is 23.9 Å². The molecule has 1 aliphatic heterocycles. The smallest absolute Gasteiger partial charge is 0.238 e. The molecule has 1 aliphatic rings. The minimum absolute atomic E-state index is 0.0440. The monoisotopic (exact) mass is 410 g/mol. The maximum atomic E-state index is 12.7. The van der Waals surface area contributed by atoms with Crippen LogP contribution in [-0.4, -0.2) is 47.1 Å². The topological polar surface area (TPSA) is 98.3 Å². The van der Waals surface area contributed by atoms with E-state index in [1.165, 1.54) is 30.3 Å². The van der Waals surface area contributed by atoms with E-state index in [2.05, 4.69) is 11.9 Å². The van der Waals surface area contributed by atoms with Crippen molar-refractivity contribution < 1.29 is 13.2 Å². The van der Waals surface area contributed by atoms with Gasteiger partial charge in [-0.15, -0.1) is 0 Å². The molecule has 2 aromatic rings. The summed E-state index contributed by atoms with van der Waals surface area (Å²) in [6.45, 7) is 5.64. The zero-order valence-corrected chi connectivity index (χ0v) is 17.4. The van der Waals surface area contributed by atoms with Crippen molar-refractivity contribution in [1.29, 1.82) is 0 Å². The summed E-state index contributed by atoms with van der Waals surface area (Å²) in [6.07, 6.45) is 4.32. The molecule has 0 aliphatic carbocycles. The second-order valence-corrected chi connectivity index (χ2v) is 9.27. The highest BCUT2D eigenvalue weighted by Crippen LogP contribution is 2.27. The molecule has 1 aromatic carbocycles. The van der Waals surface area contributed by atoms with Crippen molar-refractivity contribution in [2.75, 3.05) is 12.3 Å². The lowest BCUT2D eigenvalue weighted by Gasteiger charge is -2.35. The van der Waals surface area contributed by atoms with Crippen LogP contribution in [0.2, 0.25) is 0 Å². The van der Waals surface area contributed by atoms with E-state index >= 15 is 0 Å². The van der Waals surface area contributed by atoms with E-state index in [-0.39, 0.29) is 10.8 Å². The highest BCUT2D eigenvalue weighted by atomic mass is 32.2. The molecule has 2 N–H and O–H groups in total. The van der Waals surface area contributed by atoms with Crippen LogP contribution in [0, 0.1) is 0 Å². The Kier molecular flexibility index (Phi) is 6.12. The van der Waals surface area contributed by atoms with Gasteiger partial charge in [0.2, 0.25) is 15.9 Å². The SMILES string of the molecule is CCC1CCCCN1C(=O)CSc1nc2cc(S(N)(=O)=O)ccc2n1CC. The highest BCUT2D eigenvalue weighted by molar-refractivity contribution is 7.99. The predicted octanol–water partition coefficient (Wildman–Crippen LogP) is 2.59. The molecule has 3 rings (SSSR count). The molecule has 1 fully saturated rings. The first-order valence-electron chi connectivity index (χ1n) is 9.30. The van der Waals surface area contributed by atoms with Crippen LogP contribution in [0.5, 0.6) is 0 Å². The van der Waals surface area contributed by atoms with Gasteiger partial charge in [-0.3, -0.25) is 4.79 Å². The van der Waals surface area contributed by atoms with Crippen molar-refractivity contribution in [2.24, 2.45) is 5.14 Å². The fourth-order valence-electron chi connectivity index (χ4n) is 3.64. The molecule has 0 radical (unpaired) electrons. The van der Waals surface area contributed by atoms with Crippen molar-refractivity contribution in [2.45, 2.75) is 62.2 Å². The summed E-state index contributed by atoms with van der Waals surface area (Å²) in [6, 6.07) is 5.04. The van der Waals surface area contributed by atoms with Gasteiger partial charge in [0.15, 0.2) is 5.16 Å². The number of nitrogens with zero attached hydrogens (tertiary/aromatic N) is 3. The van der Waals surface area contributed by atoms with E-state index in [1.807, 2.05) is 16.4 Å². The Balaban J connectivity index is 1.81. The number of fused-ring (bicyclic) bond motifs is 1. The Hall–Kier alpha value is -1.58. The number of piperidine rings is 1. The number of nitrogens with two attached hydrogens (primary N) is 1. The fraction of sp³-hybridized carbons (Fsp3) is 0.556. The maximum Gasteiger partial charge on any atom is 0.238 e. The van der Waals surface area contributed by atoms with Crippen LogP contribution in [0.3, 0.4) is 0 Å². The summed E-state index contributed by atoms with van der Waals surface area (Å²) < 4.78 is 25.1. The summed E-state index contributed by atoms with van der Waals surface area (Å²) in [5.74, 6) is 0.480. The van der Waals surface area contributed by atoms with Crippen molar-refractivity contribution >= 4 is 38.7 Å². The molecule has 148 valence electrons. The highest BCUT2D eigenvalue weighted by Gasteiger charge is 2.25. The second-order valence-electron chi connectivity index (χ2n) is 6.77. The van der Waals surface area contributed by atoms with E-state index in [4.69, 9.17) is 5.14 Å². The van der Waals surface area contributed by atoms with E-state index in [1.54, 1.807) is 6.07 Å². The molecule has 7 nitrogen and oxygen atoms in total. The van der Waals surface area contributed by atoms with Gasteiger partial charge in [0.05, 0.1) is 21.7 Å². The zero-order chi connectivity index (χ0) is 19.6. The molecule has 0 saturated carbocycles. The Morgan fingerprint density at radius 1 is 1.33 bits per heavy atom. The lowest BCUT2D eigenvalue weighted by Crippen LogP contribution is -2.44. The Morgan fingerprint density at radius 3 is 2.78 bits per heavy atom. The normalized spacial score (nSPS) is 18.2. The number of sulfonamides is 1. The average molecular weight is 411 g/mol. The second kappa shape index (κ2) is 8.20. The summed E-state index contributed by atoms with van der Waals surface area (Å²) >= 11 is 1.40. The average Bonchev–Trinajstić information content (AvgIpc) is 3.01. The standard InChI is InChI=1S/C18H26N4O3S2/c1-3-13-7-5-6-10-22(13)17(23)12-26-18-20-15-11-14(27(19,24)25)8-9-16(15)21(18)4-2/h8-9,11,13H,3-7,10,12H2,1-2H3,(H2,19,24,25). The van der Waals surface area contributed by atoms with Crippen LogP contribution >= 0.6 is 11.8 Å². The lowest BCUT2D eigenvalue weighted by molar-refractivity contribution is -0.132. The first kappa shape index (κ1) is 20.2. The lowest BCUT2D eigenvalue weighted by atomic mass is 10.0. The third kappa shape index (κ3) is 4.30. The number of hydrogen-bond donors (Lipinski definition) is 1. The van der Waals surface area contributed by atoms with Crippen LogP contribution in [0.1, 0.15) is 39.5 Å². The molecule has 2 heterocycles. The predicted molar refractivity (Wildman–Crippen MR) is 107 cm³/mol. The Morgan fingerprint density at radius 2 is 2.11 bits per heavy atom. The van der Waals surface area contributed by atoms with Gasteiger partial charge in [-0.1, -0.05) is 18.7 Å². The summed E-state index contributed by atoms with van der Waals surface area (Å²) in [5, 5.41) is 5.93. The summed E-state index contributed by atoms with van der Waals surface area (Å²) in [4.78, 5) is 19.3. The largest absolute Gasteiger partial charge is 0.339 e. The number of imidazole rings is 1. The molecule has 1 atom stereocenters. The summed E-state index contributed by atoms with van der Waals surface area (Å²) in [5.41, 5.74) is 1.41. The maximum absolute atomic E-state index is 12.7. The zero-order valence-electron chi connectivity index (χ0n) is 15.7. The van der Waals surface area contributed by atoms with Crippen molar-refractivity contribution in [3.8, 4) is 0 Å². The molecule has 9 heteroatoms. The molecular formula is C18H26N4O3S2. The minimum atomic E-state index is -3.77. The first-order valence-corrected chi connectivity index (χ1v) is 11.8. The molecule has 0 bridgehead atoms. The molecule has 1 aromatic heterocycles. The van der Waals surface area contributed by atoms with Gasteiger partial charge in [-0.2, -0.15) is 0 Å². The number of likely N-dealkylation sites (tertiary alicyclic amines) is 1. The summed E-state index contributed by atoms with van der Waals surface area (Å²) in [7, 11) is -3.77. The van der Waals surface area contributed by atoms with Gasteiger partial charge in [-0.05, 0) is 50.8 Å². The third-order valence-electron chi connectivity index (χ3n) is 5.07. The number of benzene rings is 1. The number of aromatic nitrogens is 2. The number of primary sulfonamides is 1. The minimum Gasteiger partial charge on any atom is -0.339 e. The van der Waals surface area contributed by atoms with Gasteiger partial charge in [-0.25, -0.2) is 18.5 Å². The van der Waals surface area contributed by atoms with Crippen molar-refractivity contribution in [3.63, 3.8) is 0 Å². The molecule has 1 amide bonds. The van der Waals surface area contributed by atoms with E-state index in [9.17, 15) is 13.2 Å². The Bertz CT molecular complexity index is 939. The van der Waals surface area contributed by atoms with Crippen LogP contribution < -0.4 is 5.14 Å². The van der Waals surface area contributed by atoms with Crippen LogP contribution in [0.25, 0.3) is 11.0 Å². The van der Waals surface area contributed by atoms with Crippen molar-refractivity contribution in [3.05, 3.63) is 18.2 Å². The van der Waals surface area contributed by atoms with E-state index in [0.717, 1.165) is 36.5 Å². The van der Waals surface area contributed by atoms with Crippen LogP contribution in [0.4, 0.5) is 0 Å². The van der Waals surface area contributed by atoms with Crippen molar-refractivity contribution in [1.82, 2.24) is 14.5 Å². The number of amides is 1. The number of carbonyl (C=O) groups is 1. The van der Waals surface area contributed by atoms with Gasteiger partial charge < -0.3 is 9.47 Å². The van der Waals surface area contributed by atoms with Gasteiger partial charge in [0.25, 0.3) is 0 Å². The van der Waals surface area contributed by atoms with Gasteiger partial charge in [0, 0.05) is 19.1 Å². The van der Waals surface area contributed by atoms with E-state index < -0.39 is 10.0 Å². The molecule has 0 spiro atoms. The number of thioether (sulfide) groups is 1. The number of carbonyl (C=O) groups excluding carboxylic acids is 1. The van der Waals surface area contributed by atoms with Crippen LogP contribution in [-0.2, 0) is 21.4 Å². The van der Waals surface area contributed by atoms with Gasteiger partial charge >= 0.3 is 0 Å². The first-order chi connectivity index (χ1) is 12.8. The number of hydrogen-bond acceptors (Lipinski definition) is 5. The van der Waals surface area contributed by atoms with Gasteiger partial charge in [0.1, 0.15) is 0 Å². The molecule has 27 heavy (non-hydrogen) atoms. The quantitative estimate of drug-likeness (QED) is 0.738. The fourth-order valence-corrected chi connectivity index (χ4v) is 5.14. The third-order valence-corrected chi connectivity index (χ3v) is 6.95. The molecular weight excluding hydrogens is 384 g/mol. The Labute approximate surface area is 164 Å². The number of aryl methyl sites for hydroxylation is 1. The van der Waals surface area contributed by atoms with Crippen LogP contribution in [0.15, 0.2) is 28.3 Å². The number of rotatable bonds is 6. The molecule has 1 unspecified atom stereocenters.